The van der Waals surface area contributed by atoms with Crippen LogP contribution in [0.2, 0.25) is 0 Å². The van der Waals surface area contributed by atoms with Crippen LogP contribution in [0.3, 0.4) is 0 Å². The van der Waals surface area contributed by atoms with Crippen molar-refractivity contribution in [3.63, 3.8) is 0 Å². The highest BCUT2D eigenvalue weighted by molar-refractivity contribution is 9.10. The van der Waals surface area contributed by atoms with E-state index in [0.29, 0.717) is 0 Å². The number of hydrogen-bond acceptors (Lipinski definition) is 0. The maximum Gasteiger partial charge on any atom is 0.0541 e. The lowest BCUT2D eigenvalue weighted by Crippen LogP contribution is -1.94. The van der Waals surface area contributed by atoms with Crippen molar-refractivity contribution < 1.29 is 0 Å². The average molecular weight is 485 g/mol. The SMILES string of the molecule is CCCCCCc1ccc(-n2c3ccc(Br)cc3c3cc(Br)ccc32)cc1. The van der Waals surface area contributed by atoms with E-state index in [1.54, 1.807) is 0 Å². The van der Waals surface area contributed by atoms with E-state index in [1.807, 2.05) is 0 Å². The van der Waals surface area contributed by atoms with Gasteiger partial charge in [0.2, 0.25) is 0 Å². The third-order valence-corrected chi connectivity index (χ3v) is 6.19. The summed E-state index contributed by atoms with van der Waals surface area (Å²) < 4.78 is 4.58. The van der Waals surface area contributed by atoms with Gasteiger partial charge in [-0.25, -0.2) is 0 Å². The molecule has 0 aliphatic carbocycles. The Kier molecular flexibility index (Phi) is 5.70. The van der Waals surface area contributed by atoms with Crippen LogP contribution in [0, 0.1) is 0 Å². The number of nitrogens with zero attached hydrogens (tertiary/aromatic N) is 1. The predicted molar refractivity (Wildman–Crippen MR) is 124 cm³/mol. The van der Waals surface area contributed by atoms with E-state index in [2.05, 4.69) is 104 Å². The summed E-state index contributed by atoms with van der Waals surface area (Å²) in [6.07, 6.45) is 6.41. The molecule has 0 spiro atoms. The van der Waals surface area contributed by atoms with Crippen LogP contribution in [-0.4, -0.2) is 4.57 Å². The van der Waals surface area contributed by atoms with Gasteiger partial charge >= 0.3 is 0 Å². The lowest BCUT2D eigenvalue weighted by molar-refractivity contribution is 0.667. The van der Waals surface area contributed by atoms with Gasteiger partial charge in [-0.2, -0.15) is 0 Å². The standard InChI is InChI=1S/C24H23Br2N/c1-2-3-4-5-6-17-7-11-20(12-8-17)27-23-13-9-18(25)15-21(23)22-16-19(26)10-14-24(22)27/h7-16H,2-6H2,1H3. The van der Waals surface area contributed by atoms with E-state index in [-0.39, 0.29) is 0 Å². The van der Waals surface area contributed by atoms with E-state index >= 15 is 0 Å². The molecule has 138 valence electrons. The molecule has 0 fully saturated rings. The van der Waals surface area contributed by atoms with Gasteiger partial charge in [-0.1, -0.05) is 70.2 Å². The summed E-state index contributed by atoms with van der Waals surface area (Å²) in [6.45, 7) is 2.26. The van der Waals surface area contributed by atoms with Gasteiger partial charge in [0.15, 0.2) is 0 Å². The van der Waals surface area contributed by atoms with Gasteiger partial charge in [0.05, 0.1) is 11.0 Å². The summed E-state index contributed by atoms with van der Waals surface area (Å²) >= 11 is 7.25. The maximum absolute atomic E-state index is 3.63. The van der Waals surface area contributed by atoms with Crippen LogP contribution in [0.25, 0.3) is 27.5 Å². The van der Waals surface area contributed by atoms with Crippen molar-refractivity contribution in [1.29, 1.82) is 0 Å². The Hall–Kier alpha value is -1.58. The van der Waals surface area contributed by atoms with E-state index in [1.165, 1.54) is 65.2 Å². The molecule has 27 heavy (non-hydrogen) atoms. The molecule has 0 aliphatic heterocycles. The van der Waals surface area contributed by atoms with E-state index in [9.17, 15) is 0 Å². The van der Waals surface area contributed by atoms with Gasteiger partial charge in [0, 0.05) is 25.4 Å². The zero-order chi connectivity index (χ0) is 18.8. The van der Waals surface area contributed by atoms with E-state index in [0.717, 1.165) is 8.95 Å². The first-order chi connectivity index (χ1) is 13.2. The zero-order valence-corrected chi connectivity index (χ0v) is 18.7. The number of aryl methyl sites for hydroxylation is 1. The quantitative estimate of drug-likeness (QED) is 0.242. The molecular weight excluding hydrogens is 462 g/mol. The molecule has 4 aromatic rings. The van der Waals surface area contributed by atoms with Gasteiger partial charge in [0.25, 0.3) is 0 Å². The van der Waals surface area contributed by atoms with Gasteiger partial charge < -0.3 is 4.57 Å². The summed E-state index contributed by atoms with van der Waals surface area (Å²) in [5.41, 5.74) is 5.13. The fourth-order valence-electron chi connectivity index (χ4n) is 3.81. The molecule has 0 N–H and O–H groups in total. The second-order valence-corrected chi connectivity index (χ2v) is 8.97. The van der Waals surface area contributed by atoms with Crippen LogP contribution >= 0.6 is 31.9 Å². The molecule has 0 amide bonds. The minimum absolute atomic E-state index is 1.11. The fraction of sp³-hybridized carbons (Fsp3) is 0.250. The van der Waals surface area contributed by atoms with Crippen LogP contribution in [0.5, 0.6) is 0 Å². The Morgan fingerprint density at radius 3 is 1.85 bits per heavy atom. The highest BCUT2D eigenvalue weighted by Gasteiger charge is 2.13. The molecule has 0 unspecified atom stereocenters. The van der Waals surface area contributed by atoms with Crippen molar-refractivity contribution in [1.82, 2.24) is 4.57 Å². The Balaban J connectivity index is 1.76. The summed E-state index contributed by atoms with van der Waals surface area (Å²) in [7, 11) is 0. The topological polar surface area (TPSA) is 4.93 Å². The Morgan fingerprint density at radius 1 is 0.704 bits per heavy atom. The Labute approximate surface area is 177 Å². The van der Waals surface area contributed by atoms with Gasteiger partial charge in [0.1, 0.15) is 0 Å². The molecule has 0 saturated carbocycles. The van der Waals surface area contributed by atoms with Crippen molar-refractivity contribution in [3.8, 4) is 5.69 Å². The molecule has 0 aliphatic rings. The number of fused-ring (bicyclic) bond motifs is 3. The number of aromatic nitrogens is 1. The summed E-state index contributed by atoms with van der Waals surface area (Å²) in [5, 5.41) is 2.54. The first-order valence-corrected chi connectivity index (χ1v) is 11.2. The van der Waals surface area contributed by atoms with Gasteiger partial charge in [-0.3, -0.25) is 0 Å². The monoisotopic (exact) mass is 483 g/mol. The third kappa shape index (κ3) is 3.86. The van der Waals surface area contributed by atoms with E-state index < -0.39 is 0 Å². The van der Waals surface area contributed by atoms with Gasteiger partial charge in [-0.05, 0) is 66.9 Å². The van der Waals surface area contributed by atoms with Gasteiger partial charge in [-0.15, -0.1) is 0 Å². The first kappa shape index (κ1) is 18.8. The molecule has 0 bridgehead atoms. The number of rotatable bonds is 6. The molecule has 3 aromatic carbocycles. The summed E-state index contributed by atoms with van der Waals surface area (Å²) in [6, 6.07) is 22.2. The minimum Gasteiger partial charge on any atom is -0.309 e. The van der Waals surface area contributed by atoms with Crippen molar-refractivity contribution in [3.05, 3.63) is 75.2 Å². The summed E-state index contributed by atoms with van der Waals surface area (Å²) in [5.74, 6) is 0. The summed E-state index contributed by atoms with van der Waals surface area (Å²) in [4.78, 5) is 0. The average Bonchev–Trinajstić information content (AvgIpc) is 2.99. The minimum atomic E-state index is 1.11. The first-order valence-electron chi connectivity index (χ1n) is 9.66. The molecule has 0 saturated heterocycles. The largest absolute Gasteiger partial charge is 0.309 e. The van der Waals surface area contributed by atoms with Crippen LogP contribution in [-0.2, 0) is 6.42 Å². The lowest BCUT2D eigenvalue weighted by atomic mass is 10.1. The molecule has 1 aromatic heterocycles. The number of benzene rings is 3. The van der Waals surface area contributed by atoms with Crippen LogP contribution in [0.15, 0.2) is 69.6 Å². The van der Waals surface area contributed by atoms with Crippen LogP contribution < -0.4 is 0 Å². The van der Waals surface area contributed by atoms with E-state index in [4.69, 9.17) is 0 Å². The van der Waals surface area contributed by atoms with Crippen molar-refractivity contribution in [2.24, 2.45) is 0 Å². The second kappa shape index (κ2) is 8.20. The highest BCUT2D eigenvalue weighted by atomic mass is 79.9. The normalized spacial score (nSPS) is 11.5. The third-order valence-electron chi connectivity index (χ3n) is 5.20. The Bertz CT molecular complexity index is 1020. The number of unbranched alkanes of at least 4 members (excludes halogenated alkanes) is 3. The zero-order valence-electron chi connectivity index (χ0n) is 15.5. The molecule has 0 atom stereocenters. The second-order valence-electron chi connectivity index (χ2n) is 7.14. The van der Waals surface area contributed by atoms with Crippen LogP contribution in [0.4, 0.5) is 0 Å². The lowest BCUT2D eigenvalue weighted by Gasteiger charge is -2.09. The van der Waals surface area contributed by atoms with Crippen molar-refractivity contribution in [2.75, 3.05) is 0 Å². The smallest absolute Gasteiger partial charge is 0.0541 e. The molecular formula is C24H23Br2N. The molecule has 0 radical (unpaired) electrons. The molecule has 4 rings (SSSR count). The molecule has 3 heteroatoms. The Morgan fingerprint density at radius 2 is 1.30 bits per heavy atom. The predicted octanol–water partition coefficient (Wildman–Crippen LogP) is 8.43. The van der Waals surface area contributed by atoms with Crippen molar-refractivity contribution in [2.45, 2.75) is 39.0 Å². The highest BCUT2D eigenvalue weighted by Crippen LogP contribution is 2.35. The van der Waals surface area contributed by atoms with Crippen LogP contribution in [0.1, 0.15) is 38.2 Å². The molecule has 1 heterocycles. The number of hydrogen-bond donors (Lipinski definition) is 0. The number of halogens is 2. The van der Waals surface area contributed by atoms with Crippen molar-refractivity contribution >= 4 is 53.7 Å². The maximum atomic E-state index is 3.63. The molecule has 1 nitrogen and oxygen atoms in total. The fourth-order valence-corrected chi connectivity index (χ4v) is 4.54.